The number of aliphatic hydroxyl groups is 1. The van der Waals surface area contributed by atoms with Crippen molar-refractivity contribution in [2.75, 3.05) is 32.8 Å². The van der Waals surface area contributed by atoms with Crippen LogP contribution in [0.1, 0.15) is 50.1 Å². The smallest absolute Gasteiger partial charge is 0.262 e. The van der Waals surface area contributed by atoms with E-state index in [4.69, 9.17) is 16.3 Å². The molecule has 4 heterocycles. The lowest BCUT2D eigenvalue weighted by atomic mass is 9.89. The van der Waals surface area contributed by atoms with Gasteiger partial charge in [0, 0.05) is 25.3 Å². The van der Waals surface area contributed by atoms with Gasteiger partial charge in [-0.3, -0.25) is 18.7 Å². The number of likely N-dealkylation sites (tertiary alicyclic amines) is 1. The van der Waals surface area contributed by atoms with Crippen LogP contribution >= 0.6 is 11.6 Å². The zero-order chi connectivity index (χ0) is 26.8. The number of carbonyl (C=O) groups is 1. The lowest BCUT2D eigenvalue weighted by Gasteiger charge is -2.39. The van der Waals surface area contributed by atoms with Crippen molar-refractivity contribution in [2.24, 2.45) is 11.3 Å². The molecule has 4 aliphatic rings. The Bertz CT molecular complexity index is 1460. The van der Waals surface area contributed by atoms with Crippen molar-refractivity contribution in [3.8, 4) is 5.69 Å². The van der Waals surface area contributed by atoms with Gasteiger partial charge in [-0.25, -0.2) is 4.98 Å². The standard InChI is InChI=1S/C29H34ClN5O4/c30-24-15-22-25(35(24)21-5-1-19(2-6-21)23-16-39-14-11-31-23)32-18-34(26(22)36)17-28(38)9-12-33(13-10-28)27(37)29(7-8-29)20-3-4-20/h1-2,5-6,15,18,20,23,31,38H,3-4,7-14,16-17H2. The molecule has 10 heteroatoms. The molecule has 1 amide bonds. The largest absolute Gasteiger partial charge is 0.388 e. The fourth-order valence-corrected chi connectivity index (χ4v) is 6.85. The molecule has 1 atom stereocenters. The van der Waals surface area contributed by atoms with Crippen LogP contribution in [0.2, 0.25) is 5.15 Å². The highest BCUT2D eigenvalue weighted by Gasteiger charge is 2.60. The highest BCUT2D eigenvalue weighted by atomic mass is 35.5. The molecule has 4 fully saturated rings. The number of morpholine rings is 1. The number of carbonyl (C=O) groups excluding carboxylic acids is 1. The number of hydrogen-bond acceptors (Lipinski definition) is 6. The van der Waals surface area contributed by atoms with Gasteiger partial charge >= 0.3 is 0 Å². The number of piperidine rings is 1. The SMILES string of the molecule is O=C(N1CCC(O)(Cn2cnc3c(cc(Cl)n3-c3ccc(C4COCCN4)cc3)c2=O)CC1)C1(C2CC2)CC1. The first kappa shape index (κ1) is 25.3. The molecule has 39 heavy (non-hydrogen) atoms. The summed E-state index contributed by atoms with van der Waals surface area (Å²) in [5.74, 6) is 0.849. The van der Waals surface area contributed by atoms with Gasteiger partial charge in [0.15, 0.2) is 5.65 Å². The first-order valence-electron chi connectivity index (χ1n) is 14.1. The topological polar surface area (TPSA) is 102 Å². The van der Waals surface area contributed by atoms with Crippen molar-refractivity contribution in [3.63, 3.8) is 0 Å². The summed E-state index contributed by atoms with van der Waals surface area (Å²) in [4.78, 5) is 33.1. The molecule has 0 bridgehead atoms. The monoisotopic (exact) mass is 551 g/mol. The average Bonchev–Trinajstić information content (AvgIpc) is 3.88. The lowest BCUT2D eigenvalue weighted by molar-refractivity contribution is -0.142. The van der Waals surface area contributed by atoms with Gasteiger partial charge in [0.25, 0.3) is 5.56 Å². The molecule has 1 unspecified atom stereocenters. The molecule has 2 aliphatic heterocycles. The number of ether oxygens (including phenoxy) is 1. The normalized spacial score (nSPS) is 24.2. The van der Waals surface area contributed by atoms with Gasteiger partial charge in [0.05, 0.1) is 42.2 Å². The maximum atomic E-state index is 13.4. The number of hydrogen-bond donors (Lipinski definition) is 2. The second kappa shape index (κ2) is 9.44. The van der Waals surface area contributed by atoms with Crippen molar-refractivity contribution in [3.05, 3.63) is 57.7 Å². The Hall–Kier alpha value is -2.72. The number of benzene rings is 1. The molecule has 2 aromatic heterocycles. The van der Waals surface area contributed by atoms with Crippen molar-refractivity contribution < 1.29 is 14.6 Å². The van der Waals surface area contributed by atoms with Crippen molar-refractivity contribution in [1.29, 1.82) is 0 Å². The number of nitrogens with zero attached hydrogens (tertiary/aromatic N) is 4. The molecule has 2 N–H and O–H groups in total. The summed E-state index contributed by atoms with van der Waals surface area (Å²) < 4.78 is 8.82. The van der Waals surface area contributed by atoms with Crippen LogP contribution in [-0.4, -0.2) is 68.5 Å². The van der Waals surface area contributed by atoms with E-state index in [0.29, 0.717) is 54.6 Å². The third kappa shape index (κ3) is 4.49. The van der Waals surface area contributed by atoms with Crippen LogP contribution in [0.25, 0.3) is 16.7 Å². The van der Waals surface area contributed by atoms with E-state index in [1.807, 2.05) is 29.2 Å². The van der Waals surface area contributed by atoms with Crippen molar-refractivity contribution in [1.82, 2.24) is 24.3 Å². The van der Waals surface area contributed by atoms with E-state index in [2.05, 4.69) is 10.3 Å². The summed E-state index contributed by atoms with van der Waals surface area (Å²) >= 11 is 6.60. The molecule has 0 spiro atoms. The van der Waals surface area contributed by atoms with Gasteiger partial charge in [0.2, 0.25) is 5.91 Å². The average molecular weight is 552 g/mol. The Morgan fingerprint density at radius 1 is 1.15 bits per heavy atom. The number of halogens is 1. The highest BCUT2D eigenvalue weighted by molar-refractivity contribution is 6.31. The van der Waals surface area contributed by atoms with Crippen LogP contribution in [0, 0.1) is 11.3 Å². The predicted octanol–water partition coefficient (Wildman–Crippen LogP) is 3.05. The molecule has 7 rings (SSSR count). The minimum Gasteiger partial charge on any atom is -0.388 e. The summed E-state index contributed by atoms with van der Waals surface area (Å²) in [6, 6.07) is 9.80. The van der Waals surface area contributed by atoms with E-state index < -0.39 is 5.60 Å². The number of nitrogens with one attached hydrogen (secondary N) is 1. The molecule has 2 saturated heterocycles. The van der Waals surface area contributed by atoms with Crippen molar-refractivity contribution >= 4 is 28.5 Å². The lowest BCUT2D eigenvalue weighted by Crippen LogP contribution is -2.51. The number of aromatic nitrogens is 3. The van der Waals surface area contributed by atoms with E-state index >= 15 is 0 Å². The minimum atomic E-state index is -1.06. The van der Waals surface area contributed by atoms with Crippen LogP contribution in [0.3, 0.4) is 0 Å². The van der Waals surface area contributed by atoms with E-state index in [9.17, 15) is 14.7 Å². The fourth-order valence-electron chi connectivity index (χ4n) is 6.56. The summed E-state index contributed by atoms with van der Waals surface area (Å²) in [7, 11) is 0. The van der Waals surface area contributed by atoms with Crippen molar-refractivity contribution in [2.45, 2.75) is 56.7 Å². The summed E-state index contributed by atoms with van der Waals surface area (Å²) in [5, 5.41) is 15.6. The highest BCUT2D eigenvalue weighted by Crippen LogP contribution is 2.62. The molecular formula is C29H34ClN5O4. The zero-order valence-electron chi connectivity index (χ0n) is 21.9. The Balaban J connectivity index is 1.08. The Labute approximate surface area is 231 Å². The molecular weight excluding hydrogens is 518 g/mol. The second-order valence-corrected chi connectivity index (χ2v) is 12.2. The molecule has 0 radical (unpaired) electrons. The molecule has 206 valence electrons. The third-order valence-electron chi connectivity index (χ3n) is 9.24. The van der Waals surface area contributed by atoms with Gasteiger partial charge in [-0.1, -0.05) is 23.7 Å². The predicted molar refractivity (Wildman–Crippen MR) is 147 cm³/mol. The fraction of sp³-hybridized carbons (Fsp3) is 0.552. The zero-order valence-corrected chi connectivity index (χ0v) is 22.7. The summed E-state index contributed by atoms with van der Waals surface area (Å²) in [6.45, 7) is 3.36. The number of fused-ring (bicyclic) bond motifs is 1. The number of amides is 1. The molecule has 2 saturated carbocycles. The summed E-state index contributed by atoms with van der Waals surface area (Å²) in [5.41, 5.74) is 1.02. The van der Waals surface area contributed by atoms with E-state index in [0.717, 1.165) is 37.2 Å². The molecule has 9 nitrogen and oxygen atoms in total. The Morgan fingerprint density at radius 3 is 2.54 bits per heavy atom. The van der Waals surface area contributed by atoms with Gasteiger partial charge < -0.3 is 20.1 Å². The number of rotatable bonds is 6. The van der Waals surface area contributed by atoms with Gasteiger partial charge in [-0.2, -0.15) is 0 Å². The third-order valence-corrected chi connectivity index (χ3v) is 9.51. The maximum Gasteiger partial charge on any atom is 0.262 e. The second-order valence-electron chi connectivity index (χ2n) is 11.8. The van der Waals surface area contributed by atoms with Gasteiger partial charge in [0.1, 0.15) is 11.5 Å². The Kier molecular flexibility index (Phi) is 6.11. The van der Waals surface area contributed by atoms with Crippen LogP contribution in [0.5, 0.6) is 0 Å². The van der Waals surface area contributed by atoms with Crippen LogP contribution in [0.4, 0.5) is 0 Å². The minimum absolute atomic E-state index is 0.102. The molecule has 1 aromatic carbocycles. The molecule has 2 aliphatic carbocycles. The van der Waals surface area contributed by atoms with Crippen LogP contribution in [-0.2, 0) is 16.1 Å². The van der Waals surface area contributed by atoms with Crippen LogP contribution < -0.4 is 10.9 Å². The van der Waals surface area contributed by atoms with Crippen LogP contribution in [0.15, 0.2) is 41.5 Å². The molecule has 3 aromatic rings. The van der Waals surface area contributed by atoms with Gasteiger partial charge in [-0.05, 0) is 68.2 Å². The van der Waals surface area contributed by atoms with E-state index in [1.54, 1.807) is 10.6 Å². The summed E-state index contributed by atoms with van der Waals surface area (Å²) in [6.07, 6.45) is 6.75. The van der Waals surface area contributed by atoms with Gasteiger partial charge in [-0.15, -0.1) is 0 Å². The van der Waals surface area contributed by atoms with E-state index in [-0.39, 0.29) is 29.5 Å². The first-order chi connectivity index (χ1) is 18.9. The maximum absolute atomic E-state index is 13.4. The Morgan fingerprint density at radius 2 is 1.90 bits per heavy atom. The first-order valence-corrected chi connectivity index (χ1v) is 14.4. The quantitative estimate of drug-likeness (QED) is 0.488. The van der Waals surface area contributed by atoms with E-state index in [1.165, 1.54) is 23.7 Å².